The lowest BCUT2D eigenvalue weighted by molar-refractivity contribution is -0.167. The van der Waals surface area contributed by atoms with Gasteiger partial charge in [-0.15, -0.1) is 0 Å². The molecule has 0 aliphatic carbocycles. The fourth-order valence-corrected chi connectivity index (χ4v) is 5.91. The third kappa shape index (κ3) is 11.7. The molecule has 3 unspecified atom stereocenters. The van der Waals surface area contributed by atoms with Crippen molar-refractivity contribution in [1.82, 2.24) is 9.80 Å². The number of nitrogens with one attached hydrogen (secondary N) is 1. The molecule has 2 aromatic carbocycles. The molecule has 3 atom stereocenters. The number of nitrogens with zero attached hydrogens (tertiary/aromatic N) is 4. The first-order valence-electron chi connectivity index (χ1n) is 17.9. The first-order valence-corrected chi connectivity index (χ1v) is 17.9. The van der Waals surface area contributed by atoms with Crippen LogP contribution in [0.2, 0.25) is 0 Å². The predicted octanol–water partition coefficient (Wildman–Crippen LogP) is 4.32. The predicted molar refractivity (Wildman–Crippen MR) is 198 cm³/mol. The van der Waals surface area contributed by atoms with E-state index in [0.29, 0.717) is 29.2 Å². The Labute approximate surface area is 320 Å². The zero-order valence-electron chi connectivity index (χ0n) is 32.5. The average molecular weight is 764 g/mol. The number of carbonyl (C=O) groups is 6. The molecule has 16 nitrogen and oxygen atoms in total. The number of esters is 1. The summed E-state index contributed by atoms with van der Waals surface area (Å²) in [5.74, 6) is -2.48. The van der Waals surface area contributed by atoms with Gasteiger partial charge < -0.3 is 38.8 Å². The third-order valence-corrected chi connectivity index (χ3v) is 8.41. The van der Waals surface area contributed by atoms with E-state index in [1.165, 1.54) is 23.1 Å². The summed E-state index contributed by atoms with van der Waals surface area (Å²) in [4.78, 5) is 83.1. The molecule has 296 valence electrons. The number of rotatable bonds is 10. The largest absolute Gasteiger partial charge is 0.449 e. The number of benzene rings is 2. The molecule has 2 aromatic rings. The normalized spacial score (nSPS) is 17.8. The second kappa shape index (κ2) is 17.7. The van der Waals surface area contributed by atoms with E-state index in [4.69, 9.17) is 23.7 Å². The van der Waals surface area contributed by atoms with Crippen LogP contribution in [-0.2, 0) is 55.8 Å². The average Bonchev–Trinajstić information content (AvgIpc) is 3.58. The van der Waals surface area contributed by atoms with Gasteiger partial charge >= 0.3 is 18.2 Å². The summed E-state index contributed by atoms with van der Waals surface area (Å²) in [6.07, 6.45) is -4.43. The lowest BCUT2D eigenvalue weighted by Crippen LogP contribution is -2.56. The molecule has 2 aliphatic heterocycles. The van der Waals surface area contributed by atoms with Crippen molar-refractivity contribution < 1.29 is 52.5 Å². The Kier molecular flexibility index (Phi) is 13.6. The van der Waals surface area contributed by atoms with Gasteiger partial charge in [-0.3, -0.25) is 19.2 Å². The molecular weight excluding hydrogens is 714 g/mol. The number of imide groups is 1. The third-order valence-electron chi connectivity index (χ3n) is 8.41. The van der Waals surface area contributed by atoms with Crippen molar-refractivity contribution in [3.63, 3.8) is 0 Å². The monoisotopic (exact) mass is 763 g/mol. The van der Waals surface area contributed by atoms with Crippen molar-refractivity contribution in [2.75, 3.05) is 43.6 Å². The number of amides is 5. The van der Waals surface area contributed by atoms with Crippen LogP contribution in [0, 0.1) is 11.3 Å². The van der Waals surface area contributed by atoms with Crippen LogP contribution in [0.1, 0.15) is 71.6 Å². The van der Waals surface area contributed by atoms with Gasteiger partial charge in [-0.05, 0) is 89.4 Å². The molecule has 55 heavy (non-hydrogen) atoms. The molecule has 16 heteroatoms. The Morgan fingerprint density at radius 3 is 2.25 bits per heavy atom. The van der Waals surface area contributed by atoms with Gasteiger partial charge in [-0.1, -0.05) is 12.1 Å². The lowest BCUT2D eigenvalue weighted by Gasteiger charge is -2.35. The van der Waals surface area contributed by atoms with Crippen molar-refractivity contribution in [3.8, 4) is 6.07 Å². The Morgan fingerprint density at radius 1 is 1.00 bits per heavy atom. The van der Waals surface area contributed by atoms with Crippen molar-refractivity contribution in [2.24, 2.45) is 0 Å². The number of nitriles is 1. The topological polar surface area (TPSA) is 194 Å². The summed E-state index contributed by atoms with van der Waals surface area (Å²) in [7, 11) is 1.62. The minimum absolute atomic E-state index is 0.00166. The van der Waals surface area contributed by atoms with Gasteiger partial charge in [0.15, 0.2) is 6.10 Å². The molecule has 0 saturated carbocycles. The van der Waals surface area contributed by atoms with E-state index in [2.05, 4.69) is 5.32 Å². The Morgan fingerprint density at radius 2 is 1.67 bits per heavy atom. The van der Waals surface area contributed by atoms with Gasteiger partial charge in [0, 0.05) is 45.0 Å². The van der Waals surface area contributed by atoms with Crippen LogP contribution in [0.3, 0.4) is 0 Å². The molecule has 0 aromatic heterocycles. The molecule has 1 N–H and O–H groups in total. The van der Waals surface area contributed by atoms with E-state index >= 15 is 0 Å². The minimum atomic E-state index is -1.74. The van der Waals surface area contributed by atoms with Crippen LogP contribution in [0.15, 0.2) is 42.5 Å². The molecule has 2 heterocycles. The van der Waals surface area contributed by atoms with E-state index in [1.54, 1.807) is 77.8 Å². The van der Waals surface area contributed by atoms with Crippen LogP contribution in [0.5, 0.6) is 0 Å². The number of likely N-dealkylation sites (tertiary alicyclic amines) is 1. The van der Waals surface area contributed by atoms with Gasteiger partial charge in [0.05, 0.1) is 37.3 Å². The molecule has 0 radical (unpaired) electrons. The standard InChI is InChI=1S/C39H49N5O11/c1-24(45)53-32(33-35(48)43(16-17-52-33)29-11-9-10-25(18-29)19-31(46)42-15-14-30(23-42)51-8)34(47)41-28-13-12-26(21-40)27(20-28)22-44(36(49)54-38(2,3)4)37(50)55-39(5,6)7/h9-13,18,20,30,32-33H,14-17,19,22-23H2,1-8H3,(H,41,47). The highest BCUT2D eigenvalue weighted by Crippen LogP contribution is 2.26. The fraction of sp³-hybridized carbons (Fsp3) is 0.513. The number of hydrogen-bond donors (Lipinski definition) is 1. The van der Waals surface area contributed by atoms with Crippen molar-refractivity contribution in [1.29, 1.82) is 5.26 Å². The first-order chi connectivity index (χ1) is 25.8. The maximum atomic E-state index is 13.9. The molecule has 2 fully saturated rings. The van der Waals surface area contributed by atoms with Gasteiger partial charge in [0.2, 0.25) is 12.0 Å². The van der Waals surface area contributed by atoms with Crippen molar-refractivity contribution >= 4 is 47.3 Å². The highest BCUT2D eigenvalue weighted by molar-refractivity contribution is 6.04. The van der Waals surface area contributed by atoms with Gasteiger partial charge in [-0.2, -0.15) is 5.26 Å². The molecular formula is C39H49N5O11. The summed E-state index contributed by atoms with van der Waals surface area (Å²) >= 11 is 0. The van der Waals surface area contributed by atoms with E-state index in [-0.39, 0.29) is 48.4 Å². The second-order valence-electron chi connectivity index (χ2n) is 15.2. The molecule has 0 spiro atoms. The number of morpholine rings is 1. The van der Waals surface area contributed by atoms with Crippen LogP contribution in [0.4, 0.5) is 21.0 Å². The smallest absolute Gasteiger partial charge is 0.420 e. The highest BCUT2D eigenvalue weighted by atomic mass is 16.6. The number of ether oxygens (including phenoxy) is 5. The molecule has 0 bridgehead atoms. The van der Waals surface area contributed by atoms with Crippen LogP contribution >= 0.6 is 0 Å². The summed E-state index contributed by atoms with van der Waals surface area (Å²) < 4.78 is 27.3. The number of anilines is 2. The summed E-state index contributed by atoms with van der Waals surface area (Å²) in [6.45, 7) is 11.6. The van der Waals surface area contributed by atoms with Crippen LogP contribution in [-0.4, -0.2) is 109 Å². The number of hydrogen-bond acceptors (Lipinski definition) is 12. The van der Waals surface area contributed by atoms with Crippen molar-refractivity contribution in [3.05, 3.63) is 59.2 Å². The van der Waals surface area contributed by atoms with E-state index in [1.807, 2.05) is 6.07 Å². The van der Waals surface area contributed by atoms with Crippen LogP contribution in [0.25, 0.3) is 0 Å². The summed E-state index contributed by atoms with van der Waals surface area (Å²) in [5, 5.41) is 12.5. The van der Waals surface area contributed by atoms with E-state index < -0.39 is 59.9 Å². The van der Waals surface area contributed by atoms with Gasteiger partial charge in [-0.25, -0.2) is 14.5 Å². The zero-order valence-corrected chi connectivity index (χ0v) is 32.5. The summed E-state index contributed by atoms with van der Waals surface area (Å²) in [6, 6.07) is 13.1. The Bertz CT molecular complexity index is 1800. The van der Waals surface area contributed by atoms with E-state index in [0.717, 1.165) is 13.3 Å². The molecule has 2 saturated heterocycles. The Balaban J connectivity index is 1.55. The van der Waals surface area contributed by atoms with Crippen molar-refractivity contribution in [2.45, 2.75) is 97.4 Å². The van der Waals surface area contributed by atoms with Gasteiger partial charge in [0.25, 0.3) is 11.8 Å². The number of carbonyl (C=O) groups excluding carboxylic acids is 6. The maximum Gasteiger partial charge on any atom is 0.420 e. The molecule has 5 amide bonds. The van der Waals surface area contributed by atoms with Gasteiger partial charge in [0.1, 0.15) is 11.2 Å². The van der Waals surface area contributed by atoms with E-state index in [9.17, 15) is 34.0 Å². The number of methoxy groups -OCH3 is 1. The minimum Gasteiger partial charge on any atom is -0.449 e. The first kappa shape index (κ1) is 42.2. The SMILES string of the molecule is COC1CCN(C(=O)Cc2cccc(N3CCOC(C(OC(C)=O)C(=O)Nc4ccc(C#N)c(CN(C(=O)OC(C)(C)C)C(=O)OC(C)(C)C)c4)C3=O)c2)C1. The maximum absolute atomic E-state index is 13.9. The Hall–Kier alpha value is -5.53. The van der Waals surface area contributed by atoms with Crippen LogP contribution < -0.4 is 10.2 Å². The second-order valence-corrected chi connectivity index (χ2v) is 15.2. The quantitative estimate of drug-likeness (QED) is 0.267. The molecule has 4 rings (SSSR count). The lowest BCUT2D eigenvalue weighted by atomic mass is 10.1. The molecule has 2 aliphatic rings. The summed E-state index contributed by atoms with van der Waals surface area (Å²) in [5.41, 5.74) is -0.447. The zero-order chi connectivity index (χ0) is 40.7. The highest BCUT2D eigenvalue weighted by Gasteiger charge is 2.43. The fourth-order valence-electron chi connectivity index (χ4n) is 5.91.